The number of amides is 1. The Morgan fingerprint density at radius 1 is 0.971 bits per heavy atom. The SMILES string of the molecule is CN(C)c1nc(N[C@H]2CC[C@@H](CNC(=O)Cc3cccc4ccccc34)CC2)nc2c1CCCC2. The highest BCUT2D eigenvalue weighted by Gasteiger charge is 2.24. The lowest BCUT2D eigenvalue weighted by molar-refractivity contribution is -0.120. The van der Waals surface area contributed by atoms with Crippen LogP contribution in [0.2, 0.25) is 0 Å². The molecule has 184 valence electrons. The summed E-state index contributed by atoms with van der Waals surface area (Å²) in [6.07, 6.45) is 9.40. The Morgan fingerprint density at radius 2 is 1.74 bits per heavy atom. The minimum Gasteiger partial charge on any atom is -0.362 e. The fourth-order valence-electron chi connectivity index (χ4n) is 5.64. The van der Waals surface area contributed by atoms with Crippen LogP contribution in [0.5, 0.6) is 0 Å². The van der Waals surface area contributed by atoms with Gasteiger partial charge in [-0.3, -0.25) is 4.79 Å². The van der Waals surface area contributed by atoms with Crippen molar-refractivity contribution in [2.45, 2.75) is 63.8 Å². The molecule has 2 N–H and O–H groups in total. The molecule has 0 aliphatic heterocycles. The first kappa shape index (κ1) is 23.6. The van der Waals surface area contributed by atoms with Crippen LogP contribution >= 0.6 is 0 Å². The third kappa shape index (κ3) is 5.58. The Hall–Kier alpha value is -3.15. The Morgan fingerprint density at radius 3 is 2.57 bits per heavy atom. The number of aryl methyl sites for hydroxylation is 1. The summed E-state index contributed by atoms with van der Waals surface area (Å²) < 4.78 is 0. The average Bonchev–Trinajstić information content (AvgIpc) is 2.88. The first-order chi connectivity index (χ1) is 17.1. The predicted octanol–water partition coefficient (Wildman–Crippen LogP) is 4.90. The highest BCUT2D eigenvalue weighted by atomic mass is 16.1. The molecular formula is C29H37N5O. The van der Waals surface area contributed by atoms with Gasteiger partial charge >= 0.3 is 0 Å². The second-order valence-electron chi connectivity index (χ2n) is 10.4. The van der Waals surface area contributed by atoms with E-state index in [0.29, 0.717) is 18.4 Å². The molecule has 6 nitrogen and oxygen atoms in total. The number of hydrogen-bond acceptors (Lipinski definition) is 5. The third-order valence-corrected chi connectivity index (χ3v) is 7.58. The second kappa shape index (κ2) is 10.6. The molecule has 6 heteroatoms. The lowest BCUT2D eigenvalue weighted by Crippen LogP contribution is -2.35. The molecule has 1 saturated carbocycles. The highest BCUT2D eigenvalue weighted by molar-refractivity contribution is 5.90. The molecule has 0 unspecified atom stereocenters. The summed E-state index contributed by atoms with van der Waals surface area (Å²) >= 11 is 0. The molecule has 5 rings (SSSR count). The van der Waals surface area contributed by atoms with Gasteiger partial charge in [-0.05, 0) is 73.6 Å². The molecule has 35 heavy (non-hydrogen) atoms. The van der Waals surface area contributed by atoms with Crippen molar-refractivity contribution >= 4 is 28.4 Å². The first-order valence-electron chi connectivity index (χ1n) is 13.1. The molecule has 0 saturated heterocycles. The molecule has 0 atom stereocenters. The molecule has 1 aromatic heterocycles. The van der Waals surface area contributed by atoms with Crippen molar-refractivity contribution in [2.75, 3.05) is 30.9 Å². The van der Waals surface area contributed by atoms with Crippen LogP contribution in [0.3, 0.4) is 0 Å². The van der Waals surface area contributed by atoms with E-state index in [-0.39, 0.29) is 5.91 Å². The van der Waals surface area contributed by atoms with Gasteiger partial charge in [0, 0.05) is 32.2 Å². The highest BCUT2D eigenvalue weighted by Crippen LogP contribution is 2.30. The van der Waals surface area contributed by atoms with Crippen LogP contribution in [0.1, 0.15) is 55.3 Å². The van der Waals surface area contributed by atoms with Crippen LogP contribution in [-0.4, -0.2) is 42.6 Å². The molecule has 1 heterocycles. The summed E-state index contributed by atoms with van der Waals surface area (Å²) in [7, 11) is 4.14. The Balaban J connectivity index is 1.11. The van der Waals surface area contributed by atoms with Gasteiger partial charge in [-0.25, -0.2) is 4.98 Å². The minimum atomic E-state index is 0.111. The van der Waals surface area contributed by atoms with E-state index in [0.717, 1.165) is 62.4 Å². The van der Waals surface area contributed by atoms with E-state index in [9.17, 15) is 4.79 Å². The monoisotopic (exact) mass is 471 g/mol. The van der Waals surface area contributed by atoms with Crippen molar-refractivity contribution in [2.24, 2.45) is 5.92 Å². The summed E-state index contributed by atoms with van der Waals surface area (Å²) in [5, 5.41) is 9.17. The van der Waals surface area contributed by atoms with Crippen LogP contribution < -0.4 is 15.5 Å². The maximum atomic E-state index is 12.7. The number of carbonyl (C=O) groups excluding carboxylic acids is 1. The van der Waals surface area contributed by atoms with Crippen molar-refractivity contribution < 1.29 is 4.79 Å². The zero-order valence-corrected chi connectivity index (χ0v) is 21.0. The van der Waals surface area contributed by atoms with Gasteiger partial charge < -0.3 is 15.5 Å². The van der Waals surface area contributed by atoms with Gasteiger partial charge in [0.2, 0.25) is 11.9 Å². The average molecular weight is 472 g/mol. The molecule has 3 aromatic rings. The van der Waals surface area contributed by atoms with Gasteiger partial charge in [-0.2, -0.15) is 4.98 Å². The van der Waals surface area contributed by atoms with E-state index in [4.69, 9.17) is 9.97 Å². The summed E-state index contributed by atoms with van der Waals surface area (Å²) in [6, 6.07) is 14.9. The number of fused-ring (bicyclic) bond motifs is 2. The minimum absolute atomic E-state index is 0.111. The van der Waals surface area contributed by atoms with E-state index in [2.05, 4.69) is 53.9 Å². The van der Waals surface area contributed by atoms with E-state index < -0.39 is 0 Å². The number of aromatic nitrogens is 2. The summed E-state index contributed by atoms with van der Waals surface area (Å²) in [5.74, 6) is 2.49. The lowest BCUT2D eigenvalue weighted by Gasteiger charge is -2.30. The molecule has 0 spiro atoms. The zero-order valence-electron chi connectivity index (χ0n) is 21.0. The van der Waals surface area contributed by atoms with Crippen molar-refractivity contribution in [1.29, 1.82) is 0 Å². The molecule has 1 amide bonds. The Labute approximate surface area is 208 Å². The first-order valence-corrected chi connectivity index (χ1v) is 13.1. The van der Waals surface area contributed by atoms with E-state index >= 15 is 0 Å². The number of hydrogen-bond donors (Lipinski definition) is 2. The molecule has 2 aliphatic rings. The Kier molecular flexibility index (Phi) is 7.16. The third-order valence-electron chi connectivity index (χ3n) is 7.58. The van der Waals surface area contributed by atoms with Crippen LogP contribution in [0.15, 0.2) is 42.5 Å². The van der Waals surface area contributed by atoms with Gasteiger partial charge in [0.25, 0.3) is 0 Å². The van der Waals surface area contributed by atoms with Crippen molar-refractivity contribution in [3.63, 3.8) is 0 Å². The molecule has 1 fully saturated rings. The van der Waals surface area contributed by atoms with Crippen molar-refractivity contribution in [1.82, 2.24) is 15.3 Å². The van der Waals surface area contributed by atoms with Crippen molar-refractivity contribution in [3.8, 4) is 0 Å². The summed E-state index contributed by atoms with van der Waals surface area (Å²) in [6.45, 7) is 0.760. The van der Waals surface area contributed by atoms with E-state index in [1.807, 2.05) is 18.2 Å². The van der Waals surface area contributed by atoms with Crippen LogP contribution in [0, 0.1) is 5.92 Å². The maximum Gasteiger partial charge on any atom is 0.225 e. The Bertz CT molecular complexity index is 1180. The van der Waals surface area contributed by atoms with E-state index in [1.165, 1.54) is 34.9 Å². The molecule has 0 bridgehead atoms. The summed E-state index contributed by atoms with van der Waals surface area (Å²) in [5.41, 5.74) is 3.64. The fraction of sp³-hybridized carbons (Fsp3) is 0.483. The number of anilines is 2. The molecule has 2 aromatic carbocycles. The summed E-state index contributed by atoms with van der Waals surface area (Å²) in [4.78, 5) is 24.5. The number of carbonyl (C=O) groups is 1. The quantitative estimate of drug-likeness (QED) is 0.513. The van der Waals surface area contributed by atoms with Gasteiger partial charge in [-0.1, -0.05) is 42.5 Å². The molecular weight excluding hydrogens is 434 g/mol. The fourth-order valence-corrected chi connectivity index (χ4v) is 5.64. The molecule has 0 radical (unpaired) electrons. The standard InChI is InChI=1S/C29H37N5O/c1-34(2)28-25-12-5-6-13-26(25)32-29(33-28)31-23-16-14-20(15-17-23)19-30-27(35)18-22-10-7-9-21-8-3-4-11-24(21)22/h3-4,7-11,20,23H,5-6,12-19H2,1-2H3,(H,30,35)(H,31,32,33)/t20-,23+. The van der Waals surface area contributed by atoms with Gasteiger partial charge in [0.15, 0.2) is 0 Å². The number of rotatable bonds is 7. The van der Waals surface area contributed by atoms with Gasteiger partial charge in [0.05, 0.1) is 12.1 Å². The van der Waals surface area contributed by atoms with Crippen LogP contribution in [-0.2, 0) is 24.1 Å². The normalized spacial score (nSPS) is 19.7. The second-order valence-corrected chi connectivity index (χ2v) is 10.4. The number of benzene rings is 2. The topological polar surface area (TPSA) is 70.2 Å². The lowest BCUT2D eigenvalue weighted by atomic mass is 9.86. The number of nitrogens with one attached hydrogen (secondary N) is 2. The van der Waals surface area contributed by atoms with Crippen LogP contribution in [0.25, 0.3) is 10.8 Å². The van der Waals surface area contributed by atoms with Gasteiger partial charge in [-0.15, -0.1) is 0 Å². The predicted molar refractivity (Wildman–Crippen MR) is 143 cm³/mol. The van der Waals surface area contributed by atoms with Crippen LogP contribution in [0.4, 0.5) is 11.8 Å². The van der Waals surface area contributed by atoms with E-state index in [1.54, 1.807) is 0 Å². The number of nitrogens with zero attached hydrogens (tertiary/aromatic N) is 3. The zero-order chi connectivity index (χ0) is 24.2. The smallest absolute Gasteiger partial charge is 0.225 e. The maximum absolute atomic E-state index is 12.7. The van der Waals surface area contributed by atoms with Crippen molar-refractivity contribution in [3.05, 3.63) is 59.3 Å². The molecule has 2 aliphatic carbocycles. The largest absolute Gasteiger partial charge is 0.362 e. The van der Waals surface area contributed by atoms with Gasteiger partial charge in [0.1, 0.15) is 5.82 Å².